The van der Waals surface area contributed by atoms with Crippen LogP contribution in [0, 0.1) is 17.8 Å². The van der Waals surface area contributed by atoms with Gasteiger partial charge in [-0.1, -0.05) is 0 Å². The van der Waals surface area contributed by atoms with Crippen LogP contribution in [-0.4, -0.2) is 35.7 Å². The lowest BCUT2D eigenvalue weighted by Gasteiger charge is -2.27. The van der Waals surface area contributed by atoms with E-state index in [2.05, 4.69) is 5.32 Å². The van der Waals surface area contributed by atoms with E-state index in [9.17, 15) is 9.59 Å². The van der Waals surface area contributed by atoms with Gasteiger partial charge in [-0.05, 0) is 50.9 Å². The second-order valence-electron chi connectivity index (χ2n) is 6.46. The Morgan fingerprint density at radius 1 is 0.950 bits per heavy atom. The van der Waals surface area contributed by atoms with Crippen LogP contribution in [0.1, 0.15) is 44.9 Å². The SMILES string of the molecule is O=C(O)C1CCC(C(=O)NC2CCOC2C2CC2)CC1. The van der Waals surface area contributed by atoms with Crippen LogP contribution in [0.4, 0.5) is 0 Å². The Labute approximate surface area is 119 Å². The molecule has 2 saturated carbocycles. The zero-order chi connectivity index (χ0) is 14.1. The summed E-state index contributed by atoms with van der Waals surface area (Å²) in [7, 11) is 0. The summed E-state index contributed by atoms with van der Waals surface area (Å²) >= 11 is 0. The Kier molecular flexibility index (Phi) is 3.96. The summed E-state index contributed by atoms with van der Waals surface area (Å²) < 4.78 is 5.73. The van der Waals surface area contributed by atoms with E-state index >= 15 is 0 Å². The molecule has 0 spiro atoms. The topological polar surface area (TPSA) is 75.6 Å². The first-order valence-electron chi connectivity index (χ1n) is 7.80. The number of carbonyl (C=O) groups is 2. The Morgan fingerprint density at radius 2 is 1.60 bits per heavy atom. The largest absolute Gasteiger partial charge is 0.481 e. The van der Waals surface area contributed by atoms with Gasteiger partial charge in [0.1, 0.15) is 0 Å². The van der Waals surface area contributed by atoms with Gasteiger partial charge in [0.15, 0.2) is 0 Å². The molecule has 0 aromatic heterocycles. The summed E-state index contributed by atoms with van der Waals surface area (Å²) in [6.07, 6.45) is 6.23. The molecule has 2 N–H and O–H groups in total. The molecular weight excluding hydrogens is 258 g/mol. The lowest BCUT2D eigenvalue weighted by atomic mass is 9.81. The molecule has 3 rings (SSSR count). The summed E-state index contributed by atoms with van der Waals surface area (Å²) in [6, 6.07) is 0.173. The molecule has 1 aliphatic heterocycles. The molecule has 0 aromatic carbocycles. The third kappa shape index (κ3) is 2.97. The van der Waals surface area contributed by atoms with E-state index in [0.717, 1.165) is 13.0 Å². The fourth-order valence-corrected chi connectivity index (χ4v) is 3.56. The molecule has 0 bridgehead atoms. The van der Waals surface area contributed by atoms with Crippen LogP contribution in [0.2, 0.25) is 0 Å². The number of amides is 1. The lowest BCUT2D eigenvalue weighted by Crippen LogP contribution is -2.45. The van der Waals surface area contributed by atoms with Gasteiger partial charge in [-0.3, -0.25) is 9.59 Å². The van der Waals surface area contributed by atoms with E-state index in [4.69, 9.17) is 9.84 Å². The van der Waals surface area contributed by atoms with Crippen LogP contribution in [0.5, 0.6) is 0 Å². The van der Waals surface area contributed by atoms with Crippen molar-refractivity contribution >= 4 is 11.9 Å². The maximum Gasteiger partial charge on any atom is 0.306 e. The van der Waals surface area contributed by atoms with Gasteiger partial charge in [0.2, 0.25) is 5.91 Å². The van der Waals surface area contributed by atoms with E-state index in [0.29, 0.717) is 31.6 Å². The van der Waals surface area contributed by atoms with Crippen molar-refractivity contribution in [3.05, 3.63) is 0 Å². The second kappa shape index (κ2) is 5.72. The van der Waals surface area contributed by atoms with Crippen LogP contribution in [0.25, 0.3) is 0 Å². The average Bonchev–Trinajstić information content (AvgIpc) is 3.19. The Hall–Kier alpha value is -1.10. The molecule has 2 aliphatic carbocycles. The van der Waals surface area contributed by atoms with Crippen molar-refractivity contribution < 1.29 is 19.4 Å². The van der Waals surface area contributed by atoms with Gasteiger partial charge in [-0.15, -0.1) is 0 Å². The first-order chi connectivity index (χ1) is 9.65. The van der Waals surface area contributed by atoms with Crippen LogP contribution in [0.15, 0.2) is 0 Å². The fourth-order valence-electron chi connectivity index (χ4n) is 3.56. The van der Waals surface area contributed by atoms with Gasteiger partial charge < -0.3 is 15.2 Å². The maximum absolute atomic E-state index is 12.3. The zero-order valence-corrected chi connectivity index (χ0v) is 11.7. The number of hydrogen-bond donors (Lipinski definition) is 2. The predicted octanol–water partition coefficient (Wildman–Crippen LogP) is 1.56. The standard InChI is InChI=1S/C15H23NO4/c17-14(10-3-5-11(6-4-10)15(18)19)16-12-7-8-20-13(12)9-1-2-9/h9-13H,1-8H2,(H,16,17)(H,18,19). The van der Waals surface area contributed by atoms with Crippen molar-refractivity contribution in [2.45, 2.75) is 57.1 Å². The quantitative estimate of drug-likeness (QED) is 0.820. The fraction of sp³-hybridized carbons (Fsp3) is 0.867. The molecule has 2 unspecified atom stereocenters. The number of hydrogen-bond acceptors (Lipinski definition) is 3. The predicted molar refractivity (Wildman–Crippen MR) is 72.1 cm³/mol. The monoisotopic (exact) mass is 281 g/mol. The molecule has 1 amide bonds. The third-order valence-electron chi connectivity index (χ3n) is 5.00. The zero-order valence-electron chi connectivity index (χ0n) is 11.7. The first kappa shape index (κ1) is 13.9. The van der Waals surface area contributed by atoms with Crippen LogP contribution in [0.3, 0.4) is 0 Å². The number of rotatable bonds is 4. The van der Waals surface area contributed by atoms with Crippen molar-refractivity contribution in [3.63, 3.8) is 0 Å². The highest BCUT2D eigenvalue weighted by atomic mass is 16.5. The van der Waals surface area contributed by atoms with Crippen molar-refractivity contribution in [3.8, 4) is 0 Å². The van der Waals surface area contributed by atoms with Gasteiger partial charge in [-0.25, -0.2) is 0 Å². The number of aliphatic carboxylic acids is 1. The molecule has 3 fully saturated rings. The minimum atomic E-state index is -0.721. The van der Waals surface area contributed by atoms with E-state index in [1.54, 1.807) is 0 Å². The van der Waals surface area contributed by atoms with Crippen LogP contribution < -0.4 is 5.32 Å². The first-order valence-corrected chi connectivity index (χ1v) is 7.80. The van der Waals surface area contributed by atoms with E-state index in [1.165, 1.54) is 12.8 Å². The van der Waals surface area contributed by atoms with Crippen molar-refractivity contribution in [2.24, 2.45) is 17.8 Å². The summed E-state index contributed by atoms with van der Waals surface area (Å²) in [5, 5.41) is 12.1. The normalized spacial score (nSPS) is 37.6. The number of carboxylic acid groups (broad SMARTS) is 1. The average molecular weight is 281 g/mol. The molecule has 5 nitrogen and oxygen atoms in total. The summed E-state index contributed by atoms with van der Waals surface area (Å²) in [4.78, 5) is 23.2. The molecule has 1 saturated heterocycles. The lowest BCUT2D eigenvalue weighted by molar-refractivity contribution is -0.144. The number of carbonyl (C=O) groups excluding carboxylic acids is 1. The minimum Gasteiger partial charge on any atom is -0.481 e. The molecule has 112 valence electrons. The van der Waals surface area contributed by atoms with E-state index in [-0.39, 0.29) is 29.9 Å². The smallest absolute Gasteiger partial charge is 0.306 e. The van der Waals surface area contributed by atoms with Crippen molar-refractivity contribution in [1.82, 2.24) is 5.32 Å². The Balaban J connectivity index is 1.48. The molecular formula is C15H23NO4. The van der Waals surface area contributed by atoms with Gasteiger partial charge in [0, 0.05) is 12.5 Å². The second-order valence-corrected chi connectivity index (χ2v) is 6.46. The molecule has 1 heterocycles. The highest BCUT2D eigenvalue weighted by Crippen LogP contribution is 2.39. The molecule has 20 heavy (non-hydrogen) atoms. The van der Waals surface area contributed by atoms with Crippen LogP contribution in [-0.2, 0) is 14.3 Å². The van der Waals surface area contributed by atoms with Gasteiger partial charge in [0.25, 0.3) is 0 Å². The number of nitrogens with one attached hydrogen (secondary N) is 1. The summed E-state index contributed by atoms with van der Waals surface area (Å²) in [5.74, 6) is -0.235. The molecule has 3 aliphatic rings. The number of ether oxygens (including phenoxy) is 1. The summed E-state index contributed by atoms with van der Waals surface area (Å²) in [5.41, 5.74) is 0. The highest BCUT2D eigenvalue weighted by molar-refractivity contribution is 5.79. The van der Waals surface area contributed by atoms with E-state index in [1.807, 2.05) is 0 Å². The van der Waals surface area contributed by atoms with E-state index < -0.39 is 5.97 Å². The Bertz CT molecular complexity index is 385. The van der Waals surface area contributed by atoms with Gasteiger partial charge in [0.05, 0.1) is 18.1 Å². The molecule has 0 aromatic rings. The van der Waals surface area contributed by atoms with Crippen molar-refractivity contribution in [1.29, 1.82) is 0 Å². The number of carboxylic acids is 1. The highest BCUT2D eigenvalue weighted by Gasteiger charge is 2.42. The molecule has 0 radical (unpaired) electrons. The summed E-state index contributed by atoms with van der Waals surface area (Å²) in [6.45, 7) is 0.748. The van der Waals surface area contributed by atoms with Crippen molar-refractivity contribution in [2.75, 3.05) is 6.61 Å². The van der Waals surface area contributed by atoms with Gasteiger partial charge in [-0.2, -0.15) is 0 Å². The minimum absolute atomic E-state index is 0.00828. The molecule has 2 atom stereocenters. The molecule has 5 heteroatoms. The van der Waals surface area contributed by atoms with Crippen LogP contribution >= 0.6 is 0 Å². The van der Waals surface area contributed by atoms with Gasteiger partial charge >= 0.3 is 5.97 Å². The maximum atomic E-state index is 12.3. The third-order valence-corrected chi connectivity index (χ3v) is 5.00. The Morgan fingerprint density at radius 3 is 2.20 bits per heavy atom.